The van der Waals surface area contributed by atoms with Gasteiger partial charge in [0.1, 0.15) is 0 Å². The summed E-state index contributed by atoms with van der Waals surface area (Å²) >= 11 is 1.65. The first-order chi connectivity index (χ1) is 10.7. The predicted molar refractivity (Wildman–Crippen MR) is 90.0 cm³/mol. The molecule has 0 aliphatic heterocycles. The van der Waals surface area contributed by atoms with Gasteiger partial charge >= 0.3 is 6.03 Å². The van der Waals surface area contributed by atoms with Crippen molar-refractivity contribution in [2.75, 3.05) is 5.32 Å². The van der Waals surface area contributed by atoms with E-state index in [1.807, 2.05) is 42.5 Å². The summed E-state index contributed by atoms with van der Waals surface area (Å²) in [4.78, 5) is 15.5. The highest BCUT2D eigenvalue weighted by Crippen LogP contribution is 2.23. The number of hydrogen-bond acceptors (Lipinski definition) is 3. The molecule has 0 atom stereocenters. The Hall–Kier alpha value is -2.66. The maximum absolute atomic E-state index is 10.8. The van der Waals surface area contributed by atoms with Crippen LogP contribution in [0.4, 0.5) is 10.5 Å². The standard InChI is InChI=1S/C17H15N3OS/c18-17(21)19-14-8-6-12(7-9-14)10-16-20-15(11-22-16)13-4-2-1-3-5-13/h1-9,11H,10H2,(H3,18,19,21). The summed E-state index contributed by atoms with van der Waals surface area (Å²) < 4.78 is 0. The third-order valence-electron chi connectivity index (χ3n) is 3.20. The number of aromatic nitrogens is 1. The van der Waals surface area contributed by atoms with Crippen LogP contribution < -0.4 is 11.1 Å². The summed E-state index contributed by atoms with van der Waals surface area (Å²) in [5.41, 5.74) is 9.06. The smallest absolute Gasteiger partial charge is 0.316 e. The van der Waals surface area contributed by atoms with Crippen molar-refractivity contribution in [1.29, 1.82) is 0 Å². The van der Waals surface area contributed by atoms with Crippen LogP contribution in [0.3, 0.4) is 0 Å². The number of nitrogens with two attached hydrogens (primary N) is 1. The minimum atomic E-state index is -0.555. The highest BCUT2D eigenvalue weighted by atomic mass is 32.1. The Labute approximate surface area is 132 Å². The number of thiazole rings is 1. The summed E-state index contributed by atoms with van der Waals surface area (Å²) in [5, 5.41) is 5.69. The fourth-order valence-corrected chi connectivity index (χ4v) is 2.99. The average molecular weight is 309 g/mol. The lowest BCUT2D eigenvalue weighted by atomic mass is 10.1. The van der Waals surface area contributed by atoms with Gasteiger partial charge in [-0.25, -0.2) is 9.78 Å². The second-order valence-electron chi connectivity index (χ2n) is 4.86. The van der Waals surface area contributed by atoms with E-state index in [2.05, 4.69) is 27.8 Å². The van der Waals surface area contributed by atoms with Gasteiger partial charge in [-0.2, -0.15) is 0 Å². The van der Waals surface area contributed by atoms with Crippen LogP contribution in [0, 0.1) is 0 Å². The lowest BCUT2D eigenvalue weighted by molar-refractivity contribution is 0.259. The molecule has 0 saturated carbocycles. The Kier molecular flexibility index (Phi) is 4.16. The van der Waals surface area contributed by atoms with Crippen LogP contribution in [-0.4, -0.2) is 11.0 Å². The van der Waals surface area contributed by atoms with Gasteiger partial charge in [0.15, 0.2) is 0 Å². The van der Waals surface area contributed by atoms with Crippen molar-refractivity contribution in [1.82, 2.24) is 4.98 Å². The third kappa shape index (κ3) is 3.51. The predicted octanol–water partition coefficient (Wildman–Crippen LogP) is 3.89. The number of hydrogen-bond donors (Lipinski definition) is 2. The van der Waals surface area contributed by atoms with Crippen molar-refractivity contribution >= 4 is 23.1 Å². The van der Waals surface area contributed by atoms with E-state index in [4.69, 9.17) is 5.73 Å². The minimum Gasteiger partial charge on any atom is -0.351 e. The fraction of sp³-hybridized carbons (Fsp3) is 0.0588. The molecular formula is C17H15N3OS. The first-order valence-electron chi connectivity index (χ1n) is 6.86. The first kappa shape index (κ1) is 14.3. The van der Waals surface area contributed by atoms with Crippen molar-refractivity contribution < 1.29 is 4.79 Å². The fourth-order valence-electron chi connectivity index (χ4n) is 2.16. The van der Waals surface area contributed by atoms with Gasteiger partial charge in [-0.15, -0.1) is 11.3 Å². The van der Waals surface area contributed by atoms with Crippen LogP contribution in [0.2, 0.25) is 0 Å². The summed E-state index contributed by atoms with van der Waals surface area (Å²) in [6.45, 7) is 0. The van der Waals surface area contributed by atoms with Gasteiger partial charge in [-0.3, -0.25) is 0 Å². The second kappa shape index (κ2) is 6.41. The van der Waals surface area contributed by atoms with E-state index in [1.54, 1.807) is 11.3 Å². The molecule has 110 valence electrons. The van der Waals surface area contributed by atoms with E-state index in [-0.39, 0.29) is 0 Å². The Morgan fingerprint density at radius 2 is 1.82 bits per heavy atom. The lowest BCUT2D eigenvalue weighted by Gasteiger charge is -2.03. The quantitative estimate of drug-likeness (QED) is 0.767. The van der Waals surface area contributed by atoms with Crippen LogP contribution >= 0.6 is 11.3 Å². The number of carbonyl (C=O) groups is 1. The Bertz CT molecular complexity index is 766. The van der Waals surface area contributed by atoms with Gasteiger partial charge in [-0.1, -0.05) is 42.5 Å². The molecular weight excluding hydrogens is 294 g/mol. The molecule has 0 unspecified atom stereocenters. The number of nitrogens with one attached hydrogen (secondary N) is 1. The van der Waals surface area contributed by atoms with Crippen LogP contribution in [0.1, 0.15) is 10.6 Å². The molecule has 5 heteroatoms. The molecule has 3 N–H and O–H groups in total. The van der Waals surface area contributed by atoms with Crippen molar-refractivity contribution in [2.45, 2.75) is 6.42 Å². The number of carbonyl (C=O) groups excluding carboxylic acids is 1. The normalized spacial score (nSPS) is 10.4. The number of primary amides is 1. The van der Waals surface area contributed by atoms with Crippen molar-refractivity contribution in [3.8, 4) is 11.3 Å². The van der Waals surface area contributed by atoms with E-state index in [0.29, 0.717) is 5.69 Å². The first-order valence-corrected chi connectivity index (χ1v) is 7.74. The Balaban J connectivity index is 1.71. The zero-order chi connectivity index (χ0) is 15.4. The molecule has 3 aromatic rings. The monoisotopic (exact) mass is 309 g/mol. The average Bonchev–Trinajstić information content (AvgIpc) is 2.98. The minimum absolute atomic E-state index is 0.555. The molecule has 0 saturated heterocycles. The molecule has 1 heterocycles. The zero-order valence-electron chi connectivity index (χ0n) is 11.8. The number of rotatable bonds is 4. The Morgan fingerprint density at radius 3 is 2.50 bits per heavy atom. The maximum Gasteiger partial charge on any atom is 0.316 e. The second-order valence-corrected chi connectivity index (χ2v) is 5.80. The molecule has 0 radical (unpaired) electrons. The van der Waals surface area contributed by atoms with E-state index in [1.165, 1.54) is 0 Å². The largest absolute Gasteiger partial charge is 0.351 e. The highest BCUT2D eigenvalue weighted by molar-refractivity contribution is 7.10. The Morgan fingerprint density at radius 1 is 1.09 bits per heavy atom. The third-order valence-corrected chi connectivity index (χ3v) is 4.05. The van der Waals surface area contributed by atoms with E-state index in [9.17, 15) is 4.79 Å². The van der Waals surface area contributed by atoms with E-state index in [0.717, 1.165) is 28.2 Å². The van der Waals surface area contributed by atoms with Gasteiger partial charge < -0.3 is 11.1 Å². The molecule has 2 amide bonds. The zero-order valence-corrected chi connectivity index (χ0v) is 12.6. The number of amides is 2. The lowest BCUT2D eigenvalue weighted by Crippen LogP contribution is -2.19. The summed E-state index contributed by atoms with van der Waals surface area (Å²) in [6.07, 6.45) is 0.772. The van der Waals surface area contributed by atoms with Crippen LogP contribution in [0.15, 0.2) is 60.0 Å². The number of anilines is 1. The molecule has 22 heavy (non-hydrogen) atoms. The van der Waals surface area contributed by atoms with Gasteiger partial charge in [0.05, 0.1) is 10.7 Å². The van der Waals surface area contributed by atoms with E-state index < -0.39 is 6.03 Å². The van der Waals surface area contributed by atoms with Crippen molar-refractivity contribution in [2.24, 2.45) is 5.73 Å². The van der Waals surface area contributed by atoms with Gasteiger partial charge in [0.2, 0.25) is 0 Å². The summed E-state index contributed by atoms with van der Waals surface area (Å²) in [5.74, 6) is 0. The van der Waals surface area contributed by atoms with Gasteiger partial charge in [0, 0.05) is 23.1 Å². The number of urea groups is 1. The summed E-state index contributed by atoms with van der Waals surface area (Å²) in [6, 6.07) is 17.2. The molecule has 3 rings (SSSR count). The molecule has 1 aromatic heterocycles. The SMILES string of the molecule is NC(=O)Nc1ccc(Cc2nc(-c3ccccc3)cs2)cc1. The molecule has 0 aliphatic carbocycles. The van der Waals surface area contributed by atoms with Crippen LogP contribution in [0.5, 0.6) is 0 Å². The molecule has 2 aromatic carbocycles. The summed E-state index contributed by atoms with van der Waals surface area (Å²) in [7, 11) is 0. The van der Waals surface area contributed by atoms with Crippen LogP contribution in [-0.2, 0) is 6.42 Å². The molecule has 0 spiro atoms. The van der Waals surface area contributed by atoms with Gasteiger partial charge in [0.25, 0.3) is 0 Å². The molecule has 0 bridgehead atoms. The molecule has 4 nitrogen and oxygen atoms in total. The number of nitrogens with zero attached hydrogens (tertiary/aromatic N) is 1. The number of benzene rings is 2. The van der Waals surface area contributed by atoms with Gasteiger partial charge in [-0.05, 0) is 17.7 Å². The topological polar surface area (TPSA) is 68.0 Å². The highest BCUT2D eigenvalue weighted by Gasteiger charge is 2.05. The molecule has 0 aliphatic rings. The van der Waals surface area contributed by atoms with Crippen molar-refractivity contribution in [3.05, 3.63) is 70.5 Å². The van der Waals surface area contributed by atoms with Crippen molar-refractivity contribution in [3.63, 3.8) is 0 Å². The molecule has 0 fully saturated rings. The van der Waals surface area contributed by atoms with Crippen LogP contribution in [0.25, 0.3) is 11.3 Å². The maximum atomic E-state index is 10.8. The van der Waals surface area contributed by atoms with E-state index >= 15 is 0 Å².